The fourth-order valence-electron chi connectivity index (χ4n) is 21.2. The average molecular weight is 2550 g/mol. The van der Waals surface area contributed by atoms with E-state index in [1.807, 2.05) is 36.4 Å². The molecule has 2 aromatic carbocycles. The highest BCUT2D eigenvalue weighted by atomic mass is 28.6. The van der Waals surface area contributed by atoms with Crippen LogP contribution in [0.2, 0.25) is 417 Å². The van der Waals surface area contributed by atoms with Gasteiger partial charge in [-0.3, -0.25) is 4.79 Å². The summed E-state index contributed by atoms with van der Waals surface area (Å²) in [5.41, 5.74) is 2.21. The Hall–Kier alpha value is 3.10. The first-order chi connectivity index (χ1) is 62.9. The number of rotatable bonds is 69. The van der Waals surface area contributed by atoms with Crippen LogP contribution in [0.1, 0.15) is 30.9 Å². The molecule has 0 fully saturated rings. The van der Waals surface area contributed by atoms with Gasteiger partial charge in [0.1, 0.15) is 11.5 Å². The topological polar surface area (TPSA) is 294 Å². The zero-order valence-corrected chi connectivity index (χ0v) is 132. The van der Waals surface area contributed by atoms with Crippen LogP contribution in [0.5, 0.6) is 11.5 Å². The molecule has 848 valence electrons. The van der Waals surface area contributed by atoms with Gasteiger partial charge in [0, 0.05) is 13.5 Å². The summed E-state index contributed by atoms with van der Waals surface area (Å²) >= 11 is 0. The third-order valence-corrected chi connectivity index (χ3v) is 137. The molecule has 0 spiro atoms. The molecule has 2 rings (SSSR count). The molecule has 0 heterocycles. The Morgan fingerprint density at radius 2 is 0.333 bits per heavy atom. The second kappa shape index (κ2) is 51.6. The van der Waals surface area contributed by atoms with Gasteiger partial charge in [-0.05, 0) is 459 Å². The molecule has 61 heteroatoms. The van der Waals surface area contributed by atoms with E-state index < -0.39 is 256 Å². The fraction of sp³-hybridized carbons (Fsp3) is 0.843. The molecule has 0 bridgehead atoms. The molecule has 31 nitrogen and oxygen atoms in total. The van der Waals surface area contributed by atoms with Crippen LogP contribution in [0.25, 0.3) is 0 Å². The van der Waals surface area contributed by atoms with Gasteiger partial charge in [0.15, 0.2) is 41.6 Å². The van der Waals surface area contributed by atoms with E-state index >= 15 is 0 Å². The maximum Gasteiger partial charge on any atom is 0.466 e. The molecule has 144 heavy (non-hydrogen) atoms. The van der Waals surface area contributed by atoms with Gasteiger partial charge >= 0.3 is 220 Å². The largest absolute Gasteiger partial charge is 0.496 e. The summed E-state index contributed by atoms with van der Waals surface area (Å²) in [5.74, 6) is 1.20. The van der Waals surface area contributed by atoms with Crippen LogP contribution >= 0.6 is 0 Å². The van der Waals surface area contributed by atoms with Crippen molar-refractivity contribution in [3.63, 3.8) is 0 Å². The van der Waals surface area contributed by atoms with Crippen molar-refractivity contribution in [3.8, 4) is 11.5 Å². The summed E-state index contributed by atoms with van der Waals surface area (Å²) in [6, 6.07) is 19.6. The highest BCUT2D eigenvalue weighted by Gasteiger charge is 2.59. The standard InChI is InChI=1S/C83H210O31Si30/c1-79(84)86-83-74-66-64-70-81(83)72-68-76-117(8,9)90-144(62,89-116(6,7)75-67-71-80-69-63-65-73-82(80)85-2)91-119(12,13)78-77-118(10,11)88-121(16,17)93-123(20,21)95-125(24,25)97-127(28,29)99-129(32,33)101-131(36,37)103-133(40,41)105-135(44,45)107-137(48,49)109-139(52,53)111-141(56,57)113-143(60,61)114-142(58,59)112-140(54,55)110-138(50,51)108-136(46,47)106-134(42,43)104-132(38,39)102-130(34,35)100-128(30,31)98-126(26,27)96-124(22,23)94-122(18,19)92-120(14,15)87-115(3,4)5/h63-66,69-70,73-74H,67-68,71-72,75-78H2,1-62H3. The normalized spacial score (nSPS) is 15.8. The van der Waals surface area contributed by atoms with E-state index in [4.69, 9.17) is 125 Å². The van der Waals surface area contributed by atoms with Crippen LogP contribution in [0.3, 0.4) is 0 Å². The molecular formula is C83H210O31Si30. The molecule has 0 saturated heterocycles. The number of para-hydroxylation sites is 2. The van der Waals surface area contributed by atoms with Crippen molar-refractivity contribution in [2.45, 2.75) is 450 Å². The van der Waals surface area contributed by atoms with Crippen molar-refractivity contribution >= 4 is 262 Å². The number of benzene rings is 2. The molecule has 0 aliphatic carbocycles. The molecule has 0 N–H and O–H groups in total. The molecule has 0 amide bonds. The molecule has 0 radical (unpaired) electrons. The van der Waals surface area contributed by atoms with Crippen molar-refractivity contribution in [2.24, 2.45) is 0 Å². The molecular weight excluding hydrogens is 2340 g/mol. The first-order valence-electron chi connectivity index (χ1n) is 51.4. The maximum absolute atomic E-state index is 12.0. The van der Waals surface area contributed by atoms with Gasteiger partial charge < -0.3 is 125 Å². The number of methoxy groups -OCH3 is 1. The first kappa shape index (κ1) is 143. The van der Waals surface area contributed by atoms with Gasteiger partial charge in [-0.2, -0.15) is 0 Å². The van der Waals surface area contributed by atoms with Gasteiger partial charge in [0.05, 0.1) is 7.11 Å². The summed E-state index contributed by atoms with van der Waals surface area (Å²) in [6.45, 7) is 128. The zero-order valence-electron chi connectivity index (χ0n) is 102. The van der Waals surface area contributed by atoms with Crippen molar-refractivity contribution in [1.29, 1.82) is 0 Å². The van der Waals surface area contributed by atoms with E-state index in [9.17, 15) is 4.79 Å². The van der Waals surface area contributed by atoms with E-state index in [0.29, 0.717) is 5.75 Å². The van der Waals surface area contributed by atoms with E-state index in [0.717, 1.165) is 61.2 Å². The number of carbonyl (C=O) groups excluding carboxylic acids is 1. The summed E-state index contributed by atoms with van der Waals surface area (Å²) in [6.07, 6.45) is 3.49. The van der Waals surface area contributed by atoms with Gasteiger partial charge in [-0.25, -0.2) is 0 Å². The fourth-order valence-corrected chi connectivity index (χ4v) is 176. The highest BCUT2D eigenvalue weighted by Crippen LogP contribution is 2.41. The Bertz CT molecular complexity index is 4350. The Balaban J connectivity index is 2.12. The predicted octanol–water partition coefficient (Wildman–Crippen LogP) is 27.7. The van der Waals surface area contributed by atoms with E-state index in [-0.39, 0.29) is 5.97 Å². The SMILES string of the molecule is COc1ccccc1CCC[Si](C)(C)O[Si](C)(O[Si](C)(C)CCCc1ccccc1OC(C)=O)O[Si](C)(C)CC[Si](C)(C)O[Si](C)(C)O[Si](C)(C)O[Si](C)(C)O[Si](C)(C)O[Si](C)(C)O[Si](C)(C)O[Si](C)(C)O[Si](C)(C)O[Si](C)(C)O[Si](C)(C)O[Si](C)(C)O[Si](C)(C)O[Si](C)(C)O[Si](C)(C)O[Si](C)(C)O[Si](C)(C)O[Si](C)(C)O[Si](C)(C)O[Si](C)(C)O[Si](C)(C)O[Si](C)(C)O[Si](C)(C)O[Si](C)(C)O[Si](C)(C)O[Si](C)(C)C. The predicted molar refractivity (Wildman–Crippen MR) is 661 cm³/mol. The van der Waals surface area contributed by atoms with Crippen LogP contribution < -0.4 is 9.47 Å². The van der Waals surface area contributed by atoms with Crippen LogP contribution in [0, 0.1) is 0 Å². The Morgan fingerprint density at radius 1 is 0.188 bits per heavy atom. The number of carbonyl (C=O) groups is 1. The molecule has 0 aliphatic rings. The van der Waals surface area contributed by atoms with Gasteiger partial charge in [-0.1, -0.05) is 36.4 Å². The summed E-state index contributed by atoms with van der Waals surface area (Å²) in [5, 5.41) is 0. The smallest absolute Gasteiger partial charge is 0.466 e. The van der Waals surface area contributed by atoms with Crippen LogP contribution in [0.15, 0.2) is 48.5 Å². The van der Waals surface area contributed by atoms with E-state index in [2.05, 4.69) is 405 Å². The lowest BCUT2D eigenvalue weighted by molar-refractivity contribution is -0.132. The van der Waals surface area contributed by atoms with Crippen molar-refractivity contribution < 1.29 is 129 Å². The summed E-state index contributed by atoms with van der Waals surface area (Å²) in [4.78, 5) is 12.0. The lowest BCUT2D eigenvalue weighted by Crippen LogP contribution is -2.63. The second-order valence-corrected chi connectivity index (χ2v) is 165. The molecule has 2 aromatic rings. The number of hydrogen-bond acceptors (Lipinski definition) is 31. The lowest BCUT2D eigenvalue weighted by Gasteiger charge is -2.45. The molecule has 1 unspecified atom stereocenters. The highest BCUT2D eigenvalue weighted by molar-refractivity contribution is 6.99. The molecule has 0 aromatic heterocycles. The van der Waals surface area contributed by atoms with Crippen LogP contribution in [-0.4, -0.2) is 269 Å². The Morgan fingerprint density at radius 3 is 0.507 bits per heavy atom. The Labute approximate surface area is 910 Å². The minimum Gasteiger partial charge on any atom is -0.496 e. The van der Waals surface area contributed by atoms with Gasteiger partial charge in [0.2, 0.25) is 0 Å². The molecule has 0 saturated carbocycles. The zero-order chi connectivity index (χ0) is 113. The molecule has 1 atom stereocenters. The summed E-state index contributed by atoms with van der Waals surface area (Å²) in [7, 11) is -82.1. The quantitative estimate of drug-likeness (QED) is 0.0338. The minimum atomic E-state index is -3.27. The van der Waals surface area contributed by atoms with E-state index in [1.54, 1.807) is 7.11 Å². The van der Waals surface area contributed by atoms with Crippen molar-refractivity contribution in [1.82, 2.24) is 0 Å². The maximum atomic E-state index is 12.0. The van der Waals surface area contributed by atoms with Crippen molar-refractivity contribution in [3.05, 3.63) is 59.7 Å². The third-order valence-electron chi connectivity index (χ3n) is 20.0. The monoisotopic (exact) mass is 2540 g/mol. The van der Waals surface area contributed by atoms with Crippen molar-refractivity contribution in [2.75, 3.05) is 7.11 Å². The van der Waals surface area contributed by atoms with Gasteiger partial charge in [0.25, 0.3) is 0 Å². The number of ether oxygens (including phenoxy) is 2. The minimum absolute atomic E-state index is 0.327. The lowest BCUT2D eigenvalue weighted by atomic mass is 10.1. The van der Waals surface area contributed by atoms with Crippen LogP contribution in [-0.2, 0) is 133 Å². The number of esters is 1. The van der Waals surface area contributed by atoms with E-state index in [1.165, 1.54) is 12.5 Å². The average Bonchev–Trinajstić information content (AvgIpc) is 0.787. The first-order valence-corrected chi connectivity index (χ1v) is 137. The Kier molecular flexibility index (Phi) is 51.3. The third kappa shape index (κ3) is 62.2. The van der Waals surface area contributed by atoms with Gasteiger partial charge in [-0.15, -0.1) is 0 Å². The number of hydrogen-bond donors (Lipinski definition) is 0. The molecule has 0 aliphatic heterocycles. The number of aryl methyl sites for hydroxylation is 2. The second-order valence-electron chi connectivity index (χ2n) is 52.7. The summed E-state index contributed by atoms with van der Waals surface area (Å²) < 4.78 is 209. The van der Waals surface area contributed by atoms with Crippen LogP contribution in [0.4, 0.5) is 0 Å².